The summed E-state index contributed by atoms with van der Waals surface area (Å²) in [5, 5.41) is 12.5. The van der Waals surface area contributed by atoms with Gasteiger partial charge in [0.05, 0.1) is 18.8 Å². The van der Waals surface area contributed by atoms with Gasteiger partial charge in [-0.15, -0.1) is 12.4 Å². The van der Waals surface area contributed by atoms with Crippen LogP contribution in [0.3, 0.4) is 0 Å². The summed E-state index contributed by atoms with van der Waals surface area (Å²) in [4.78, 5) is 0. The first-order valence-electron chi connectivity index (χ1n) is 2.94. The first-order valence-corrected chi connectivity index (χ1v) is 2.94. The second-order valence-electron chi connectivity index (χ2n) is 1.94. The highest BCUT2D eigenvalue weighted by molar-refractivity contribution is 5.85. The minimum absolute atomic E-state index is 0. The lowest BCUT2D eigenvalue weighted by molar-refractivity contribution is 0.269. The van der Waals surface area contributed by atoms with Crippen LogP contribution in [0.4, 0.5) is 0 Å². The standard InChI is InChI=1S/C6H10N2O.ClH/c1-6-2-3-8(7-6)4-5-9;/h2-3,9H,4-5H2,1H3;1H. The van der Waals surface area contributed by atoms with E-state index in [0.717, 1.165) is 5.69 Å². The number of aliphatic hydroxyl groups is 1. The molecule has 0 bridgehead atoms. The van der Waals surface area contributed by atoms with Crippen LogP contribution in [0.5, 0.6) is 0 Å². The SMILES string of the molecule is Cc1ccn(CCO)n1.Cl. The van der Waals surface area contributed by atoms with Crippen molar-refractivity contribution >= 4 is 12.4 Å². The van der Waals surface area contributed by atoms with Crippen molar-refractivity contribution in [2.45, 2.75) is 13.5 Å². The van der Waals surface area contributed by atoms with Gasteiger partial charge in [0.2, 0.25) is 0 Å². The molecule has 1 rings (SSSR count). The first kappa shape index (κ1) is 9.46. The van der Waals surface area contributed by atoms with Gasteiger partial charge in [-0.2, -0.15) is 5.10 Å². The fraction of sp³-hybridized carbons (Fsp3) is 0.500. The third-order valence-corrected chi connectivity index (χ3v) is 1.10. The molecule has 0 unspecified atom stereocenters. The zero-order valence-electron chi connectivity index (χ0n) is 5.82. The van der Waals surface area contributed by atoms with E-state index in [-0.39, 0.29) is 19.0 Å². The third-order valence-electron chi connectivity index (χ3n) is 1.10. The van der Waals surface area contributed by atoms with Gasteiger partial charge < -0.3 is 5.11 Å². The van der Waals surface area contributed by atoms with Crippen molar-refractivity contribution in [3.05, 3.63) is 18.0 Å². The molecule has 0 aliphatic carbocycles. The Morgan fingerprint density at radius 3 is 2.80 bits per heavy atom. The quantitative estimate of drug-likeness (QED) is 0.692. The Labute approximate surface area is 66.1 Å². The van der Waals surface area contributed by atoms with Crippen molar-refractivity contribution < 1.29 is 5.11 Å². The molecule has 1 aromatic heterocycles. The van der Waals surface area contributed by atoms with Crippen molar-refractivity contribution in [3.63, 3.8) is 0 Å². The summed E-state index contributed by atoms with van der Waals surface area (Å²) < 4.78 is 1.72. The number of aliphatic hydroxyl groups excluding tert-OH is 1. The predicted molar refractivity (Wildman–Crippen MR) is 41.3 cm³/mol. The van der Waals surface area contributed by atoms with Gasteiger partial charge in [-0.3, -0.25) is 4.68 Å². The number of halogens is 1. The van der Waals surface area contributed by atoms with E-state index in [2.05, 4.69) is 5.10 Å². The fourth-order valence-corrected chi connectivity index (χ4v) is 0.690. The summed E-state index contributed by atoms with van der Waals surface area (Å²) >= 11 is 0. The zero-order chi connectivity index (χ0) is 6.69. The van der Waals surface area contributed by atoms with Crippen molar-refractivity contribution in [2.75, 3.05) is 6.61 Å². The molecule has 1 N–H and O–H groups in total. The first-order chi connectivity index (χ1) is 4.33. The van der Waals surface area contributed by atoms with E-state index >= 15 is 0 Å². The average molecular weight is 163 g/mol. The lowest BCUT2D eigenvalue weighted by Crippen LogP contribution is -2.01. The molecule has 4 heteroatoms. The second kappa shape index (κ2) is 4.30. The molecule has 1 aromatic rings. The molecule has 0 radical (unpaired) electrons. The average Bonchev–Trinajstić information content (AvgIpc) is 2.17. The number of hydrogen-bond acceptors (Lipinski definition) is 2. The molecule has 0 saturated heterocycles. The number of aromatic nitrogens is 2. The van der Waals surface area contributed by atoms with Crippen LogP contribution in [0.25, 0.3) is 0 Å². The Hall–Kier alpha value is -0.540. The van der Waals surface area contributed by atoms with Gasteiger partial charge in [0.25, 0.3) is 0 Å². The summed E-state index contributed by atoms with van der Waals surface area (Å²) in [6, 6.07) is 1.91. The maximum Gasteiger partial charge on any atom is 0.0640 e. The van der Waals surface area contributed by atoms with E-state index in [0.29, 0.717) is 6.54 Å². The van der Waals surface area contributed by atoms with Gasteiger partial charge in [-0.1, -0.05) is 0 Å². The Morgan fingerprint density at radius 2 is 2.40 bits per heavy atom. The molecule has 0 atom stereocenters. The Balaban J connectivity index is 0.000000810. The normalized spacial score (nSPS) is 9.00. The Kier molecular flexibility index (Phi) is 4.07. The molecule has 3 nitrogen and oxygen atoms in total. The van der Waals surface area contributed by atoms with Crippen molar-refractivity contribution in [1.82, 2.24) is 9.78 Å². The van der Waals surface area contributed by atoms with Crippen molar-refractivity contribution in [3.8, 4) is 0 Å². The molecule has 0 fully saturated rings. The van der Waals surface area contributed by atoms with Gasteiger partial charge in [-0.25, -0.2) is 0 Å². The van der Waals surface area contributed by atoms with Crippen LogP contribution in [-0.2, 0) is 6.54 Å². The molecule has 0 aliphatic rings. The van der Waals surface area contributed by atoms with E-state index in [9.17, 15) is 0 Å². The van der Waals surface area contributed by atoms with E-state index in [1.54, 1.807) is 4.68 Å². The second-order valence-corrected chi connectivity index (χ2v) is 1.94. The van der Waals surface area contributed by atoms with E-state index in [4.69, 9.17) is 5.11 Å². The lowest BCUT2D eigenvalue weighted by Gasteiger charge is -1.93. The number of hydrogen-bond donors (Lipinski definition) is 1. The summed E-state index contributed by atoms with van der Waals surface area (Å²) in [7, 11) is 0. The summed E-state index contributed by atoms with van der Waals surface area (Å²) in [6.07, 6.45) is 1.85. The number of nitrogens with zero attached hydrogens (tertiary/aromatic N) is 2. The molecule has 0 amide bonds. The van der Waals surface area contributed by atoms with Gasteiger partial charge in [-0.05, 0) is 13.0 Å². The summed E-state index contributed by atoms with van der Waals surface area (Å²) in [5.74, 6) is 0. The fourth-order valence-electron chi connectivity index (χ4n) is 0.690. The molecular formula is C6H11ClN2O. The highest BCUT2D eigenvalue weighted by Crippen LogP contribution is 1.90. The van der Waals surface area contributed by atoms with Crippen LogP contribution in [0.1, 0.15) is 5.69 Å². The Morgan fingerprint density at radius 1 is 1.70 bits per heavy atom. The molecule has 0 aromatic carbocycles. The smallest absolute Gasteiger partial charge is 0.0640 e. The molecule has 0 saturated carbocycles. The summed E-state index contributed by atoms with van der Waals surface area (Å²) in [5.41, 5.74) is 0.989. The van der Waals surface area contributed by atoms with Gasteiger partial charge >= 0.3 is 0 Å². The molecule has 1 heterocycles. The van der Waals surface area contributed by atoms with Crippen LogP contribution in [-0.4, -0.2) is 21.5 Å². The maximum absolute atomic E-state index is 8.47. The molecule has 0 spiro atoms. The van der Waals surface area contributed by atoms with E-state index < -0.39 is 0 Å². The van der Waals surface area contributed by atoms with Crippen LogP contribution >= 0.6 is 12.4 Å². The zero-order valence-corrected chi connectivity index (χ0v) is 6.64. The predicted octanol–water partition coefficient (Wildman–Crippen LogP) is 0.606. The lowest BCUT2D eigenvalue weighted by atomic mass is 10.5. The number of aryl methyl sites for hydroxylation is 1. The van der Waals surface area contributed by atoms with Crippen LogP contribution in [0.2, 0.25) is 0 Å². The summed E-state index contributed by atoms with van der Waals surface area (Å²) in [6.45, 7) is 2.67. The van der Waals surface area contributed by atoms with Gasteiger partial charge in [0, 0.05) is 6.20 Å². The maximum atomic E-state index is 8.47. The molecule has 0 aliphatic heterocycles. The molecule has 58 valence electrons. The third kappa shape index (κ3) is 2.37. The van der Waals surface area contributed by atoms with E-state index in [1.165, 1.54) is 0 Å². The minimum Gasteiger partial charge on any atom is -0.394 e. The highest BCUT2D eigenvalue weighted by Gasteiger charge is 1.89. The van der Waals surface area contributed by atoms with Crippen LogP contribution in [0, 0.1) is 6.92 Å². The van der Waals surface area contributed by atoms with Crippen molar-refractivity contribution in [1.29, 1.82) is 0 Å². The molecular weight excluding hydrogens is 152 g/mol. The number of rotatable bonds is 2. The monoisotopic (exact) mass is 162 g/mol. The van der Waals surface area contributed by atoms with E-state index in [1.807, 2.05) is 19.2 Å². The highest BCUT2D eigenvalue weighted by atomic mass is 35.5. The van der Waals surface area contributed by atoms with Gasteiger partial charge in [0.15, 0.2) is 0 Å². The van der Waals surface area contributed by atoms with Crippen LogP contribution in [0.15, 0.2) is 12.3 Å². The molecule has 10 heavy (non-hydrogen) atoms. The minimum atomic E-state index is 0. The largest absolute Gasteiger partial charge is 0.394 e. The van der Waals surface area contributed by atoms with Crippen LogP contribution < -0.4 is 0 Å². The van der Waals surface area contributed by atoms with Gasteiger partial charge in [0.1, 0.15) is 0 Å². The topological polar surface area (TPSA) is 38.0 Å². The van der Waals surface area contributed by atoms with Crippen molar-refractivity contribution in [2.24, 2.45) is 0 Å². The Bertz CT molecular complexity index is 188.